The van der Waals surface area contributed by atoms with Crippen LogP contribution < -0.4 is 0 Å². The van der Waals surface area contributed by atoms with E-state index in [9.17, 15) is 0 Å². The largest absolute Gasteiger partial charge is 0.258 e. The standard InChI is InChI=1S/C11H8Cl2N4S/c1-6(5-14)18-11-15-10(16-17-11)7-2-8(12)4-9(13)3-7/h2-4,6H,1H3,(H,15,16,17)/t6-/m0/s1. The van der Waals surface area contributed by atoms with Gasteiger partial charge in [-0.1, -0.05) is 35.0 Å². The molecule has 1 atom stereocenters. The maximum Gasteiger partial charge on any atom is 0.210 e. The van der Waals surface area contributed by atoms with Crippen LogP contribution in [0.1, 0.15) is 6.92 Å². The minimum absolute atomic E-state index is 0.198. The predicted molar refractivity (Wildman–Crippen MR) is 72.8 cm³/mol. The second-order valence-electron chi connectivity index (χ2n) is 3.51. The summed E-state index contributed by atoms with van der Waals surface area (Å²) in [6.45, 7) is 1.79. The van der Waals surface area contributed by atoms with Crippen LogP contribution in [0.5, 0.6) is 0 Å². The van der Waals surface area contributed by atoms with Gasteiger partial charge in [0.1, 0.15) is 0 Å². The fourth-order valence-corrected chi connectivity index (χ4v) is 2.44. The highest BCUT2D eigenvalue weighted by Crippen LogP contribution is 2.27. The zero-order valence-electron chi connectivity index (χ0n) is 9.32. The number of thioether (sulfide) groups is 1. The lowest BCUT2D eigenvalue weighted by Crippen LogP contribution is -1.90. The fraction of sp³-hybridized carbons (Fsp3) is 0.182. The number of halogens is 2. The Hall–Kier alpha value is -1.22. The van der Waals surface area contributed by atoms with Crippen LogP contribution in [0.3, 0.4) is 0 Å². The van der Waals surface area contributed by atoms with E-state index in [4.69, 9.17) is 28.5 Å². The predicted octanol–water partition coefficient (Wildman–Crippen LogP) is 3.78. The molecule has 0 unspecified atom stereocenters. The van der Waals surface area contributed by atoms with Crippen molar-refractivity contribution in [2.75, 3.05) is 0 Å². The van der Waals surface area contributed by atoms with Gasteiger partial charge in [0.15, 0.2) is 5.82 Å². The summed E-state index contributed by atoms with van der Waals surface area (Å²) < 4.78 is 0. The molecule has 7 heteroatoms. The van der Waals surface area contributed by atoms with Crippen molar-refractivity contribution in [3.05, 3.63) is 28.2 Å². The minimum Gasteiger partial charge on any atom is -0.258 e. The van der Waals surface area contributed by atoms with Gasteiger partial charge in [-0.15, -0.1) is 5.10 Å². The van der Waals surface area contributed by atoms with Gasteiger partial charge in [-0.3, -0.25) is 5.10 Å². The number of aromatic nitrogens is 3. The van der Waals surface area contributed by atoms with E-state index >= 15 is 0 Å². The maximum absolute atomic E-state index is 8.72. The van der Waals surface area contributed by atoms with Crippen LogP contribution in [0.2, 0.25) is 10.0 Å². The van der Waals surface area contributed by atoms with Gasteiger partial charge >= 0.3 is 0 Å². The molecular formula is C11H8Cl2N4S. The second-order valence-corrected chi connectivity index (χ2v) is 5.69. The Morgan fingerprint density at radius 2 is 2.00 bits per heavy atom. The molecule has 0 fully saturated rings. The summed E-state index contributed by atoms with van der Waals surface area (Å²) in [5, 5.41) is 16.9. The molecule has 0 saturated heterocycles. The first-order valence-electron chi connectivity index (χ1n) is 5.03. The molecule has 2 aromatic rings. The number of hydrogen-bond donors (Lipinski definition) is 1. The average molecular weight is 299 g/mol. The first-order valence-corrected chi connectivity index (χ1v) is 6.67. The summed E-state index contributed by atoms with van der Waals surface area (Å²) in [5.74, 6) is 0.576. The highest BCUT2D eigenvalue weighted by molar-refractivity contribution is 8.00. The average Bonchev–Trinajstić information content (AvgIpc) is 2.76. The van der Waals surface area contributed by atoms with E-state index in [2.05, 4.69) is 21.3 Å². The van der Waals surface area contributed by atoms with Gasteiger partial charge in [0.25, 0.3) is 0 Å². The molecule has 2 rings (SSSR count). The molecule has 0 amide bonds. The Balaban J connectivity index is 2.27. The van der Waals surface area contributed by atoms with E-state index < -0.39 is 0 Å². The number of rotatable bonds is 3. The van der Waals surface area contributed by atoms with Crippen LogP contribution in [0.4, 0.5) is 0 Å². The smallest absolute Gasteiger partial charge is 0.210 e. The summed E-state index contributed by atoms with van der Waals surface area (Å²) in [7, 11) is 0. The Kier molecular flexibility index (Phi) is 4.12. The van der Waals surface area contributed by atoms with Crippen LogP contribution in [0.15, 0.2) is 23.4 Å². The Bertz CT molecular complexity index is 585. The minimum atomic E-state index is -0.198. The molecule has 0 aliphatic carbocycles. The quantitative estimate of drug-likeness (QED) is 0.876. The van der Waals surface area contributed by atoms with Crippen molar-refractivity contribution in [2.45, 2.75) is 17.3 Å². The van der Waals surface area contributed by atoms with Crippen LogP contribution in [-0.2, 0) is 0 Å². The van der Waals surface area contributed by atoms with Crippen molar-refractivity contribution < 1.29 is 0 Å². The number of nitrogens with zero attached hydrogens (tertiary/aromatic N) is 3. The third-order valence-electron chi connectivity index (χ3n) is 2.06. The van der Waals surface area contributed by atoms with Gasteiger partial charge < -0.3 is 0 Å². The van der Waals surface area contributed by atoms with Gasteiger partial charge in [-0.25, -0.2) is 4.98 Å². The van der Waals surface area contributed by atoms with Crippen LogP contribution in [0, 0.1) is 11.3 Å². The lowest BCUT2D eigenvalue weighted by molar-refractivity contribution is 0.969. The van der Waals surface area contributed by atoms with Gasteiger partial charge in [0.05, 0.1) is 11.3 Å². The molecule has 0 saturated carbocycles. The van der Waals surface area contributed by atoms with E-state index in [0.29, 0.717) is 21.0 Å². The molecule has 92 valence electrons. The molecular weight excluding hydrogens is 291 g/mol. The van der Waals surface area contributed by atoms with Gasteiger partial charge in [-0.2, -0.15) is 5.26 Å². The maximum atomic E-state index is 8.72. The highest BCUT2D eigenvalue weighted by Gasteiger charge is 2.10. The molecule has 18 heavy (non-hydrogen) atoms. The van der Waals surface area contributed by atoms with Crippen LogP contribution in [0.25, 0.3) is 11.4 Å². The van der Waals surface area contributed by atoms with Crippen LogP contribution >= 0.6 is 35.0 Å². The van der Waals surface area contributed by atoms with E-state index in [1.165, 1.54) is 11.8 Å². The molecule has 0 bridgehead atoms. The van der Waals surface area contributed by atoms with Gasteiger partial charge in [0.2, 0.25) is 5.16 Å². The molecule has 1 N–H and O–H groups in total. The SMILES string of the molecule is C[C@@H](C#N)Sc1n[nH]c(-c2cc(Cl)cc(Cl)c2)n1. The van der Waals surface area contributed by atoms with Crippen molar-refractivity contribution in [1.82, 2.24) is 15.2 Å². The number of nitriles is 1. The topological polar surface area (TPSA) is 65.4 Å². The molecule has 0 aliphatic rings. The number of benzene rings is 1. The highest BCUT2D eigenvalue weighted by atomic mass is 35.5. The first-order chi connectivity index (χ1) is 8.58. The Morgan fingerprint density at radius 3 is 2.61 bits per heavy atom. The van der Waals surface area contributed by atoms with E-state index in [0.717, 1.165) is 5.56 Å². The van der Waals surface area contributed by atoms with Crippen molar-refractivity contribution in [1.29, 1.82) is 5.26 Å². The first kappa shape index (κ1) is 13.2. The molecule has 1 heterocycles. The number of hydrogen-bond acceptors (Lipinski definition) is 4. The summed E-state index contributed by atoms with van der Waals surface area (Å²) >= 11 is 13.1. The second kappa shape index (κ2) is 5.61. The third kappa shape index (κ3) is 3.16. The Morgan fingerprint density at radius 1 is 1.33 bits per heavy atom. The van der Waals surface area contributed by atoms with Crippen molar-refractivity contribution in [2.24, 2.45) is 0 Å². The van der Waals surface area contributed by atoms with Crippen molar-refractivity contribution >= 4 is 35.0 Å². The zero-order chi connectivity index (χ0) is 13.1. The summed E-state index contributed by atoms with van der Waals surface area (Å²) in [4.78, 5) is 4.28. The lowest BCUT2D eigenvalue weighted by atomic mass is 10.2. The fourth-order valence-electron chi connectivity index (χ4n) is 1.30. The third-order valence-corrected chi connectivity index (χ3v) is 3.35. The molecule has 0 aliphatic heterocycles. The van der Waals surface area contributed by atoms with E-state index in [1.807, 2.05) is 0 Å². The monoisotopic (exact) mass is 298 g/mol. The summed E-state index contributed by atoms with van der Waals surface area (Å²) in [6, 6.07) is 7.25. The molecule has 1 aromatic heterocycles. The van der Waals surface area contributed by atoms with Crippen LogP contribution in [-0.4, -0.2) is 20.4 Å². The van der Waals surface area contributed by atoms with Gasteiger partial charge in [-0.05, 0) is 25.1 Å². The normalized spacial score (nSPS) is 12.1. The number of nitrogens with one attached hydrogen (secondary N) is 1. The number of H-pyrrole nitrogens is 1. The summed E-state index contributed by atoms with van der Waals surface area (Å²) in [5.41, 5.74) is 0.761. The molecule has 1 aromatic carbocycles. The van der Waals surface area contributed by atoms with E-state index in [-0.39, 0.29) is 5.25 Å². The zero-order valence-corrected chi connectivity index (χ0v) is 11.6. The molecule has 4 nitrogen and oxygen atoms in total. The lowest BCUT2D eigenvalue weighted by Gasteiger charge is -1.98. The molecule has 0 spiro atoms. The number of aromatic amines is 1. The van der Waals surface area contributed by atoms with Crippen molar-refractivity contribution in [3.63, 3.8) is 0 Å². The van der Waals surface area contributed by atoms with Crippen molar-refractivity contribution in [3.8, 4) is 17.5 Å². The van der Waals surface area contributed by atoms with E-state index in [1.54, 1.807) is 25.1 Å². The molecule has 0 radical (unpaired) electrons. The Labute approximate surface area is 118 Å². The van der Waals surface area contributed by atoms with Gasteiger partial charge in [0, 0.05) is 15.6 Å². The summed E-state index contributed by atoms with van der Waals surface area (Å²) in [6.07, 6.45) is 0.